The van der Waals surface area contributed by atoms with Crippen molar-refractivity contribution in [2.24, 2.45) is 0 Å². The number of morpholine rings is 1. The molecule has 0 saturated carbocycles. The van der Waals surface area contributed by atoms with Gasteiger partial charge in [0.05, 0.1) is 43.0 Å². The van der Waals surface area contributed by atoms with Gasteiger partial charge < -0.3 is 14.8 Å². The molecule has 180 valence electrons. The average molecular weight is 472 g/mol. The minimum absolute atomic E-state index is 0.135. The molecule has 4 aromatic heterocycles. The third kappa shape index (κ3) is 4.33. The van der Waals surface area contributed by atoms with E-state index in [0.29, 0.717) is 23.7 Å². The summed E-state index contributed by atoms with van der Waals surface area (Å²) in [6.07, 6.45) is 9.27. The fourth-order valence-electron chi connectivity index (χ4n) is 5.07. The standard InChI is InChI=1S/C26H29N7O2/c1-16-7-22(24(12-27-16)35-20-8-18-14-34-15-19(9-20)32(18)3)21-5-4-6-33-23(21)10-25(31-33)30-26-13-28-17(2)11-29-26/h4-7,10-13,18-20H,8-9,14-15H2,1-3H3,(H,29,30,31). The number of ether oxygens (including phenoxy) is 2. The Morgan fingerprint density at radius 3 is 2.51 bits per heavy atom. The first kappa shape index (κ1) is 21.9. The van der Waals surface area contributed by atoms with Crippen molar-refractivity contribution in [3.63, 3.8) is 0 Å². The Kier molecular flexibility index (Phi) is 5.58. The van der Waals surface area contributed by atoms with Crippen LogP contribution in [0.4, 0.5) is 11.6 Å². The number of piperidine rings is 1. The zero-order valence-corrected chi connectivity index (χ0v) is 20.2. The quantitative estimate of drug-likeness (QED) is 0.470. The highest BCUT2D eigenvalue weighted by molar-refractivity contribution is 5.85. The molecule has 0 radical (unpaired) electrons. The van der Waals surface area contributed by atoms with Crippen molar-refractivity contribution < 1.29 is 9.47 Å². The number of rotatable bonds is 5. The SMILES string of the molecule is Cc1cnc(Nc2cc3c(-c4cc(C)ncc4OC4CC5COCC(C4)N5C)cccn3n2)cn1. The smallest absolute Gasteiger partial charge is 0.154 e. The molecule has 6 heterocycles. The first-order valence-corrected chi connectivity index (χ1v) is 12.0. The predicted molar refractivity (Wildman–Crippen MR) is 133 cm³/mol. The van der Waals surface area contributed by atoms with E-state index in [0.717, 1.165) is 59.8 Å². The normalized spacial score (nSPS) is 22.3. The summed E-state index contributed by atoms with van der Waals surface area (Å²) < 4.78 is 14.3. The summed E-state index contributed by atoms with van der Waals surface area (Å²) in [6, 6.07) is 9.01. The molecular weight excluding hydrogens is 442 g/mol. The highest BCUT2D eigenvalue weighted by atomic mass is 16.5. The van der Waals surface area contributed by atoms with Gasteiger partial charge in [0.15, 0.2) is 5.82 Å². The van der Waals surface area contributed by atoms with E-state index in [1.54, 1.807) is 12.4 Å². The minimum atomic E-state index is 0.135. The number of aromatic nitrogens is 5. The molecule has 2 bridgehead atoms. The number of nitrogens with zero attached hydrogens (tertiary/aromatic N) is 6. The molecule has 2 unspecified atom stereocenters. The van der Waals surface area contributed by atoms with Crippen LogP contribution in [0.5, 0.6) is 5.75 Å². The first-order valence-electron chi connectivity index (χ1n) is 12.0. The molecule has 35 heavy (non-hydrogen) atoms. The van der Waals surface area contributed by atoms with Crippen LogP contribution < -0.4 is 10.1 Å². The molecule has 2 saturated heterocycles. The van der Waals surface area contributed by atoms with Crippen molar-refractivity contribution in [3.8, 4) is 16.9 Å². The summed E-state index contributed by atoms with van der Waals surface area (Å²) in [5, 5.41) is 7.95. The van der Waals surface area contributed by atoms with Gasteiger partial charge in [0, 0.05) is 54.0 Å². The second-order valence-electron chi connectivity index (χ2n) is 9.49. The van der Waals surface area contributed by atoms with E-state index in [2.05, 4.69) is 44.3 Å². The Morgan fingerprint density at radius 1 is 0.943 bits per heavy atom. The number of pyridine rings is 2. The molecule has 0 aromatic carbocycles. The van der Waals surface area contributed by atoms with Gasteiger partial charge in [-0.25, -0.2) is 9.50 Å². The van der Waals surface area contributed by atoms with E-state index < -0.39 is 0 Å². The summed E-state index contributed by atoms with van der Waals surface area (Å²) in [6.45, 7) is 5.45. The summed E-state index contributed by atoms with van der Waals surface area (Å²) >= 11 is 0. The lowest BCUT2D eigenvalue weighted by Gasteiger charge is -2.46. The number of fused-ring (bicyclic) bond motifs is 3. The number of hydrogen-bond acceptors (Lipinski definition) is 8. The van der Waals surface area contributed by atoms with Crippen molar-refractivity contribution in [2.75, 3.05) is 25.6 Å². The summed E-state index contributed by atoms with van der Waals surface area (Å²) in [5.41, 5.74) is 4.84. The summed E-state index contributed by atoms with van der Waals surface area (Å²) in [4.78, 5) is 15.7. The maximum atomic E-state index is 6.63. The molecule has 0 aliphatic carbocycles. The van der Waals surface area contributed by atoms with Crippen LogP contribution in [0.25, 0.3) is 16.6 Å². The second kappa shape index (κ2) is 8.90. The molecule has 2 fully saturated rings. The molecule has 4 aromatic rings. The highest BCUT2D eigenvalue weighted by Gasteiger charge is 2.38. The average Bonchev–Trinajstić information content (AvgIpc) is 3.25. The van der Waals surface area contributed by atoms with Crippen LogP contribution in [0.15, 0.2) is 49.1 Å². The van der Waals surface area contributed by atoms with Gasteiger partial charge in [0.2, 0.25) is 0 Å². The molecule has 2 aliphatic rings. The van der Waals surface area contributed by atoms with Crippen molar-refractivity contribution in [1.29, 1.82) is 0 Å². The molecule has 2 atom stereocenters. The van der Waals surface area contributed by atoms with Gasteiger partial charge in [0.25, 0.3) is 0 Å². The van der Waals surface area contributed by atoms with Crippen molar-refractivity contribution in [1.82, 2.24) is 29.5 Å². The number of anilines is 2. The minimum Gasteiger partial charge on any atom is -0.488 e. The maximum absolute atomic E-state index is 6.63. The van der Waals surface area contributed by atoms with Crippen LogP contribution >= 0.6 is 0 Å². The third-order valence-corrected chi connectivity index (χ3v) is 6.97. The van der Waals surface area contributed by atoms with Crippen molar-refractivity contribution in [2.45, 2.75) is 44.9 Å². The number of aryl methyl sites for hydroxylation is 2. The number of nitrogens with one attached hydrogen (secondary N) is 1. The summed E-state index contributed by atoms with van der Waals surface area (Å²) in [7, 11) is 2.20. The van der Waals surface area contributed by atoms with Crippen LogP contribution in [0.3, 0.4) is 0 Å². The largest absolute Gasteiger partial charge is 0.488 e. The van der Waals surface area contributed by atoms with Gasteiger partial charge in [-0.3, -0.25) is 14.9 Å². The number of likely N-dealkylation sites (N-methyl/N-ethyl adjacent to an activating group) is 1. The van der Waals surface area contributed by atoms with E-state index in [4.69, 9.17) is 14.6 Å². The molecule has 2 aliphatic heterocycles. The van der Waals surface area contributed by atoms with Crippen molar-refractivity contribution >= 4 is 17.2 Å². The number of hydrogen-bond donors (Lipinski definition) is 1. The van der Waals surface area contributed by atoms with Gasteiger partial charge in [-0.05, 0) is 33.0 Å². The Morgan fingerprint density at radius 2 is 1.74 bits per heavy atom. The lowest BCUT2D eigenvalue weighted by Crippen LogP contribution is -2.57. The fourth-order valence-corrected chi connectivity index (χ4v) is 5.07. The van der Waals surface area contributed by atoms with Gasteiger partial charge in [0.1, 0.15) is 17.7 Å². The van der Waals surface area contributed by atoms with Crippen molar-refractivity contribution in [3.05, 3.63) is 60.4 Å². The fraction of sp³-hybridized carbons (Fsp3) is 0.385. The molecular formula is C26H29N7O2. The maximum Gasteiger partial charge on any atom is 0.154 e. The van der Waals surface area contributed by atoms with E-state index >= 15 is 0 Å². The van der Waals surface area contributed by atoms with Gasteiger partial charge >= 0.3 is 0 Å². The highest BCUT2D eigenvalue weighted by Crippen LogP contribution is 2.37. The second-order valence-corrected chi connectivity index (χ2v) is 9.49. The van der Waals surface area contributed by atoms with E-state index in [1.807, 2.05) is 42.9 Å². The molecule has 0 amide bonds. The Labute approximate surface area is 204 Å². The van der Waals surface area contributed by atoms with E-state index in [1.165, 1.54) is 0 Å². The van der Waals surface area contributed by atoms with Crippen LogP contribution in [-0.2, 0) is 4.74 Å². The Hall–Kier alpha value is -3.56. The molecule has 6 rings (SSSR count). The van der Waals surface area contributed by atoms with Gasteiger partial charge in [-0.15, -0.1) is 0 Å². The molecule has 1 N–H and O–H groups in total. The molecule has 0 spiro atoms. The van der Waals surface area contributed by atoms with Crippen LogP contribution in [0.2, 0.25) is 0 Å². The Balaban J connectivity index is 1.33. The van der Waals surface area contributed by atoms with Gasteiger partial charge in [-0.2, -0.15) is 5.10 Å². The zero-order valence-electron chi connectivity index (χ0n) is 20.2. The van der Waals surface area contributed by atoms with E-state index in [9.17, 15) is 0 Å². The molecule has 9 heteroatoms. The van der Waals surface area contributed by atoms with Crippen LogP contribution in [0, 0.1) is 13.8 Å². The zero-order chi connectivity index (χ0) is 23.9. The molecule has 9 nitrogen and oxygen atoms in total. The predicted octanol–water partition coefficient (Wildman–Crippen LogP) is 3.79. The van der Waals surface area contributed by atoms with Crippen LogP contribution in [-0.4, -0.2) is 67.9 Å². The first-order chi connectivity index (χ1) is 17.0. The third-order valence-electron chi connectivity index (χ3n) is 6.97. The lowest BCUT2D eigenvalue weighted by molar-refractivity contribution is -0.0879. The summed E-state index contributed by atoms with van der Waals surface area (Å²) in [5.74, 6) is 2.16. The monoisotopic (exact) mass is 471 g/mol. The topological polar surface area (TPSA) is 89.7 Å². The van der Waals surface area contributed by atoms with Crippen LogP contribution in [0.1, 0.15) is 24.2 Å². The Bertz CT molecular complexity index is 1340. The van der Waals surface area contributed by atoms with Gasteiger partial charge in [-0.1, -0.05) is 6.07 Å². The van der Waals surface area contributed by atoms with E-state index in [-0.39, 0.29) is 6.10 Å². The lowest BCUT2D eigenvalue weighted by atomic mass is 9.92.